The highest BCUT2D eigenvalue weighted by molar-refractivity contribution is 9.10. The van der Waals surface area contributed by atoms with Gasteiger partial charge in [-0.2, -0.15) is 0 Å². The summed E-state index contributed by atoms with van der Waals surface area (Å²) in [5.74, 6) is -0.194. The smallest absolute Gasteiger partial charge is 0.123 e. The topological polar surface area (TPSA) is 12.0 Å². The Morgan fingerprint density at radius 1 is 1.10 bits per heavy atom. The molecule has 3 heteroatoms. The molecule has 20 heavy (non-hydrogen) atoms. The van der Waals surface area contributed by atoms with Crippen molar-refractivity contribution in [1.82, 2.24) is 5.32 Å². The van der Waals surface area contributed by atoms with Gasteiger partial charge in [0, 0.05) is 16.6 Å². The van der Waals surface area contributed by atoms with Gasteiger partial charge in [0.15, 0.2) is 0 Å². The van der Waals surface area contributed by atoms with E-state index in [4.69, 9.17) is 0 Å². The van der Waals surface area contributed by atoms with Gasteiger partial charge in [0.05, 0.1) is 0 Å². The molecule has 1 N–H and O–H groups in total. The molecule has 106 valence electrons. The molecular weight excluding hydrogens is 317 g/mol. The number of halogens is 2. The maximum atomic E-state index is 13.0. The minimum absolute atomic E-state index is 0.180. The summed E-state index contributed by atoms with van der Waals surface area (Å²) in [5, 5.41) is 3.60. The van der Waals surface area contributed by atoms with Crippen molar-refractivity contribution in [3.8, 4) is 0 Å². The van der Waals surface area contributed by atoms with E-state index in [9.17, 15) is 4.39 Å². The average molecular weight is 336 g/mol. The Morgan fingerprint density at radius 3 is 2.40 bits per heavy atom. The summed E-state index contributed by atoms with van der Waals surface area (Å²) in [4.78, 5) is 0. The summed E-state index contributed by atoms with van der Waals surface area (Å²) in [7, 11) is 0. The maximum absolute atomic E-state index is 13.0. The van der Waals surface area contributed by atoms with Crippen LogP contribution in [0, 0.1) is 5.82 Å². The molecule has 0 aliphatic rings. The highest BCUT2D eigenvalue weighted by Crippen LogP contribution is 2.24. The summed E-state index contributed by atoms with van der Waals surface area (Å²) in [6.07, 6.45) is 1.00. The van der Waals surface area contributed by atoms with Crippen molar-refractivity contribution in [2.45, 2.75) is 32.4 Å². The van der Waals surface area contributed by atoms with E-state index in [1.165, 1.54) is 17.7 Å². The first-order valence-electron chi connectivity index (χ1n) is 6.87. The second kappa shape index (κ2) is 7.00. The molecule has 0 bridgehead atoms. The Labute approximate surface area is 128 Å². The highest BCUT2D eigenvalue weighted by atomic mass is 79.9. The first kappa shape index (κ1) is 15.2. The monoisotopic (exact) mass is 335 g/mol. The van der Waals surface area contributed by atoms with E-state index >= 15 is 0 Å². The van der Waals surface area contributed by atoms with Gasteiger partial charge in [0.1, 0.15) is 5.82 Å². The summed E-state index contributed by atoms with van der Waals surface area (Å²) in [6.45, 7) is 4.27. The largest absolute Gasteiger partial charge is 0.303 e. The van der Waals surface area contributed by atoms with Gasteiger partial charge in [-0.25, -0.2) is 4.39 Å². The summed E-state index contributed by atoms with van der Waals surface area (Å²) >= 11 is 3.51. The molecule has 1 nitrogen and oxygen atoms in total. The van der Waals surface area contributed by atoms with Crippen LogP contribution in [0.1, 0.15) is 43.5 Å². The lowest BCUT2D eigenvalue weighted by molar-refractivity contribution is 0.456. The standard InChI is InChI=1S/C17H19BrFN/c1-3-17(14-5-4-6-15(18)11-14)20-12(2)13-7-9-16(19)10-8-13/h4-12,17,20H,3H2,1-2H3. The molecule has 0 aliphatic carbocycles. The number of nitrogens with one attached hydrogen (secondary N) is 1. The Morgan fingerprint density at radius 2 is 1.80 bits per heavy atom. The summed E-state index contributed by atoms with van der Waals surface area (Å²) in [5.41, 5.74) is 2.36. The number of benzene rings is 2. The average Bonchev–Trinajstić information content (AvgIpc) is 2.45. The molecule has 0 aliphatic heterocycles. The molecule has 0 aromatic heterocycles. The van der Waals surface area contributed by atoms with Gasteiger partial charge in [-0.05, 0) is 48.7 Å². The van der Waals surface area contributed by atoms with Crippen molar-refractivity contribution in [3.63, 3.8) is 0 Å². The molecule has 2 rings (SSSR count). The SMILES string of the molecule is CCC(NC(C)c1ccc(F)cc1)c1cccc(Br)c1. The van der Waals surface area contributed by atoms with Crippen LogP contribution in [0.3, 0.4) is 0 Å². The van der Waals surface area contributed by atoms with Gasteiger partial charge in [0.2, 0.25) is 0 Å². The first-order chi connectivity index (χ1) is 9.60. The van der Waals surface area contributed by atoms with E-state index in [0.717, 1.165) is 16.5 Å². The van der Waals surface area contributed by atoms with Crippen LogP contribution in [-0.2, 0) is 0 Å². The van der Waals surface area contributed by atoms with Gasteiger partial charge < -0.3 is 5.32 Å². The van der Waals surface area contributed by atoms with Gasteiger partial charge in [-0.3, -0.25) is 0 Å². The van der Waals surface area contributed by atoms with E-state index in [1.807, 2.05) is 24.3 Å². The zero-order valence-electron chi connectivity index (χ0n) is 11.7. The second-order valence-corrected chi connectivity index (χ2v) is 5.87. The van der Waals surface area contributed by atoms with Gasteiger partial charge in [-0.15, -0.1) is 0 Å². The van der Waals surface area contributed by atoms with Crippen LogP contribution in [-0.4, -0.2) is 0 Å². The molecule has 2 aromatic carbocycles. The lowest BCUT2D eigenvalue weighted by Gasteiger charge is -2.23. The van der Waals surface area contributed by atoms with Crippen molar-refractivity contribution in [3.05, 3.63) is 69.9 Å². The van der Waals surface area contributed by atoms with Crippen molar-refractivity contribution >= 4 is 15.9 Å². The number of hydrogen-bond acceptors (Lipinski definition) is 1. The normalized spacial score (nSPS) is 14.0. The molecule has 2 atom stereocenters. The van der Waals surface area contributed by atoms with Gasteiger partial charge in [-0.1, -0.05) is 47.1 Å². The van der Waals surface area contributed by atoms with Crippen LogP contribution in [0.4, 0.5) is 4.39 Å². The van der Waals surface area contributed by atoms with Crippen LogP contribution in [0.5, 0.6) is 0 Å². The molecule has 0 amide bonds. The van der Waals surface area contributed by atoms with E-state index in [-0.39, 0.29) is 17.9 Å². The predicted molar refractivity (Wildman–Crippen MR) is 85.1 cm³/mol. The fourth-order valence-electron chi connectivity index (χ4n) is 2.32. The summed E-state index contributed by atoms with van der Waals surface area (Å²) in [6, 6.07) is 15.5. The molecule has 0 radical (unpaired) electrons. The molecular formula is C17H19BrFN. The fourth-order valence-corrected chi connectivity index (χ4v) is 2.74. The third-order valence-corrected chi connectivity index (χ3v) is 3.97. The van der Waals surface area contributed by atoms with E-state index in [2.05, 4.69) is 47.2 Å². The minimum Gasteiger partial charge on any atom is -0.303 e. The van der Waals surface area contributed by atoms with E-state index in [1.54, 1.807) is 0 Å². The Balaban J connectivity index is 2.11. The molecule has 2 aromatic rings. The molecule has 0 spiro atoms. The zero-order chi connectivity index (χ0) is 14.5. The van der Waals surface area contributed by atoms with Crippen molar-refractivity contribution in [2.75, 3.05) is 0 Å². The van der Waals surface area contributed by atoms with Crippen LogP contribution in [0.15, 0.2) is 53.0 Å². The molecule has 0 saturated heterocycles. The second-order valence-electron chi connectivity index (χ2n) is 4.96. The quantitative estimate of drug-likeness (QED) is 0.772. The third kappa shape index (κ3) is 3.90. The van der Waals surface area contributed by atoms with Gasteiger partial charge in [0.25, 0.3) is 0 Å². The maximum Gasteiger partial charge on any atom is 0.123 e. The minimum atomic E-state index is -0.194. The lowest BCUT2D eigenvalue weighted by Crippen LogP contribution is -2.24. The van der Waals surface area contributed by atoms with Crippen LogP contribution < -0.4 is 5.32 Å². The van der Waals surface area contributed by atoms with Crippen LogP contribution in [0.25, 0.3) is 0 Å². The van der Waals surface area contributed by atoms with Crippen LogP contribution >= 0.6 is 15.9 Å². The number of hydrogen-bond donors (Lipinski definition) is 1. The lowest BCUT2D eigenvalue weighted by atomic mass is 10.0. The molecule has 0 heterocycles. The Bertz CT molecular complexity index is 553. The highest BCUT2D eigenvalue weighted by Gasteiger charge is 2.14. The third-order valence-electron chi connectivity index (χ3n) is 3.48. The van der Waals surface area contributed by atoms with Crippen molar-refractivity contribution in [1.29, 1.82) is 0 Å². The van der Waals surface area contributed by atoms with Crippen molar-refractivity contribution < 1.29 is 4.39 Å². The first-order valence-corrected chi connectivity index (χ1v) is 7.66. The van der Waals surface area contributed by atoms with Crippen molar-refractivity contribution in [2.24, 2.45) is 0 Å². The molecule has 0 fully saturated rings. The van der Waals surface area contributed by atoms with Gasteiger partial charge >= 0.3 is 0 Å². The molecule has 0 saturated carbocycles. The zero-order valence-corrected chi connectivity index (χ0v) is 13.3. The van der Waals surface area contributed by atoms with E-state index in [0.29, 0.717) is 0 Å². The number of rotatable bonds is 5. The van der Waals surface area contributed by atoms with E-state index < -0.39 is 0 Å². The van der Waals surface area contributed by atoms with Crippen LogP contribution in [0.2, 0.25) is 0 Å². The Hall–Kier alpha value is -1.19. The Kier molecular flexibility index (Phi) is 5.32. The predicted octanol–water partition coefficient (Wildman–Crippen LogP) is 5.39. The fraction of sp³-hybridized carbons (Fsp3) is 0.294. The molecule has 2 unspecified atom stereocenters. The summed E-state index contributed by atoms with van der Waals surface area (Å²) < 4.78 is 14.1.